The number of methoxy groups -OCH3 is 1. The molecule has 15 heavy (non-hydrogen) atoms. The van der Waals surface area contributed by atoms with E-state index in [2.05, 4.69) is 6.92 Å². The highest BCUT2D eigenvalue weighted by Crippen LogP contribution is 2.09. The van der Waals surface area contributed by atoms with Gasteiger partial charge in [0.05, 0.1) is 6.61 Å². The van der Waals surface area contributed by atoms with Crippen LogP contribution in [0.15, 0.2) is 24.3 Å². The molecule has 82 valence electrons. The predicted molar refractivity (Wildman–Crippen MR) is 61.0 cm³/mol. The lowest BCUT2D eigenvalue weighted by Gasteiger charge is -2.02. The molecule has 0 saturated carbocycles. The number of hydrogen-bond acceptors (Lipinski definition) is 2. The van der Waals surface area contributed by atoms with Crippen LogP contribution in [0.5, 0.6) is 0 Å². The zero-order valence-corrected chi connectivity index (χ0v) is 9.45. The largest absolute Gasteiger partial charge is 0.380 e. The van der Waals surface area contributed by atoms with E-state index in [0.29, 0.717) is 13.0 Å². The summed E-state index contributed by atoms with van der Waals surface area (Å²) in [7, 11) is 1.67. The first-order chi connectivity index (χ1) is 7.27. The smallest absolute Gasteiger partial charge is 0.162 e. The van der Waals surface area contributed by atoms with Crippen LogP contribution in [0, 0.1) is 0 Å². The van der Waals surface area contributed by atoms with Crippen molar-refractivity contribution in [2.24, 2.45) is 0 Å². The first-order valence-corrected chi connectivity index (χ1v) is 5.39. The van der Waals surface area contributed by atoms with E-state index in [1.807, 2.05) is 24.3 Å². The normalized spacial score (nSPS) is 10.3. The number of Topliss-reactive ketones (excluding diaryl/α,β-unsaturated/α-hetero) is 1. The summed E-state index contributed by atoms with van der Waals surface area (Å²) in [5.74, 6) is 0.237. The first-order valence-electron chi connectivity index (χ1n) is 5.39. The van der Waals surface area contributed by atoms with Crippen LogP contribution in [0.3, 0.4) is 0 Å². The standard InChI is InChI=1S/C13H18O2/c1-3-4-5-13(14)12-8-6-11(7-9-12)10-15-2/h6-9H,3-5,10H2,1-2H3. The van der Waals surface area contributed by atoms with Gasteiger partial charge in [-0.3, -0.25) is 4.79 Å². The van der Waals surface area contributed by atoms with Crippen LogP contribution in [0.25, 0.3) is 0 Å². The molecule has 2 nitrogen and oxygen atoms in total. The predicted octanol–water partition coefficient (Wildman–Crippen LogP) is 3.21. The van der Waals surface area contributed by atoms with Crippen LogP contribution >= 0.6 is 0 Å². The van der Waals surface area contributed by atoms with Gasteiger partial charge in [0, 0.05) is 19.1 Å². The minimum Gasteiger partial charge on any atom is -0.380 e. The van der Waals surface area contributed by atoms with Crippen molar-refractivity contribution in [1.29, 1.82) is 0 Å². The number of hydrogen-bond donors (Lipinski definition) is 0. The Morgan fingerprint density at radius 3 is 2.47 bits per heavy atom. The molecule has 1 rings (SSSR count). The van der Waals surface area contributed by atoms with Crippen LogP contribution in [-0.2, 0) is 11.3 Å². The number of ketones is 1. The average Bonchev–Trinajstić information content (AvgIpc) is 2.27. The van der Waals surface area contributed by atoms with Crippen molar-refractivity contribution >= 4 is 5.78 Å². The van der Waals surface area contributed by atoms with Gasteiger partial charge in [-0.2, -0.15) is 0 Å². The molecule has 0 heterocycles. The van der Waals surface area contributed by atoms with Gasteiger partial charge in [-0.1, -0.05) is 37.6 Å². The van der Waals surface area contributed by atoms with Crippen LogP contribution in [0.2, 0.25) is 0 Å². The highest BCUT2D eigenvalue weighted by Gasteiger charge is 2.04. The molecule has 0 N–H and O–H groups in total. The average molecular weight is 206 g/mol. The molecule has 0 bridgehead atoms. The lowest BCUT2D eigenvalue weighted by atomic mass is 10.0. The van der Waals surface area contributed by atoms with Gasteiger partial charge in [0.1, 0.15) is 0 Å². The van der Waals surface area contributed by atoms with Crippen molar-refractivity contribution in [2.75, 3.05) is 7.11 Å². The molecule has 0 saturated heterocycles. The molecule has 0 spiro atoms. The van der Waals surface area contributed by atoms with E-state index in [9.17, 15) is 4.79 Å². The van der Waals surface area contributed by atoms with Crippen molar-refractivity contribution in [3.63, 3.8) is 0 Å². The van der Waals surface area contributed by atoms with E-state index < -0.39 is 0 Å². The van der Waals surface area contributed by atoms with E-state index in [-0.39, 0.29) is 5.78 Å². The summed E-state index contributed by atoms with van der Waals surface area (Å²) in [5, 5.41) is 0. The van der Waals surface area contributed by atoms with Crippen molar-refractivity contribution < 1.29 is 9.53 Å². The Morgan fingerprint density at radius 1 is 1.27 bits per heavy atom. The Morgan fingerprint density at radius 2 is 1.93 bits per heavy atom. The van der Waals surface area contributed by atoms with Gasteiger partial charge >= 0.3 is 0 Å². The molecule has 0 amide bonds. The van der Waals surface area contributed by atoms with Gasteiger partial charge in [0.25, 0.3) is 0 Å². The molecule has 0 unspecified atom stereocenters. The summed E-state index contributed by atoms with van der Waals surface area (Å²) in [6, 6.07) is 7.66. The fourth-order valence-electron chi connectivity index (χ4n) is 1.44. The third-order valence-corrected chi connectivity index (χ3v) is 2.34. The van der Waals surface area contributed by atoms with Crippen molar-refractivity contribution in [2.45, 2.75) is 32.8 Å². The molecule has 2 heteroatoms. The number of benzene rings is 1. The molecule has 0 aliphatic heterocycles. The van der Waals surface area contributed by atoms with Crippen molar-refractivity contribution in [1.82, 2.24) is 0 Å². The van der Waals surface area contributed by atoms with E-state index >= 15 is 0 Å². The second kappa shape index (κ2) is 6.36. The monoisotopic (exact) mass is 206 g/mol. The van der Waals surface area contributed by atoms with Gasteiger partial charge in [-0.15, -0.1) is 0 Å². The minimum absolute atomic E-state index is 0.237. The Hall–Kier alpha value is -1.15. The molecule has 0 aliphatic carbocycles. The summed E-state index contributed by atoms with van der Waals surface area (Å²) < 4.78 is 5.01. The van der Waals surface area contributed by atoms with Crippen LogP contribution in [0.1, 0.15) is 42.1 Å². The fraction of sp³-hybridized carbons (Fsp3) is 0.462. The van der Waals surface area contributed by atoms with Gasteiger partial charge in [0.15, 0.2) is 5.78 Å². The van der Waals surface area contributed by atoms with Gasteiger partial charge in [-0.05, 0) is 12.0 Å². The molecule has 0 aromatic heterocycles. The second-order valence-corrected chi connectivity index (χ2v) is 3.66. The quantitative estimate of drug-likeness (QED) is 0.668. The Bertz CT molecular complexity index is 301. The topological polar surface area (TPSA) is 26.3 Å². The molecule has 0 fully saturated rings. The van der Waals surface area contributed by atoms with Crippen molar-refractivity contribution in [3.05, 3.63) is 35.4 Å². The van der Waals surface area contributed by atoms with Gasteiger partial charge in [-0.25, -0.2) is 0 Å². The first kappa shape index (κ1) is 11.9. The fourth-order valence-corrected chi connectivity index (χ4v) is 1.44. The highest BCUT2D eigenvalue weighted by molar-refractivity contribution is 5.96. The summed E-state index contributed by atoms with van der Waals surface area (Å²) >= 11 is 0. The molecule has 1 aromatic carbocycles. The van der Waals surface area contributed by atoms with E-state index in [1.165, 1.54) is 0 Å². The van der Waals surface area contributed by atoms with Gasteiger partial charge < -0.3 is 4.74 Å². The van der Waals surface area contributed by atoms with Crippen molar-refractivity contribution in [3.8, 4) is 0 Å². The SMILES string of the molecule is CCCCC(=O)c1ccc(COC)cc1. The Labute approximate surface area is 91.3 Å². The summed E-state index contributed by atoms with van der Waals surface area (Å²) in [6.45, 7) is 2.69. The molecular weight excluding hydrogens is 188 g/mol. The molecule has 0 atom stereocenters. The number of carbonyl (C=O) groups excluding carboxylic acids is 1. The summed E-state index contributed by atoms with van der Waals surface area (Å²) in [4.78, 5) is 11.6. The summed E-state index contributed by atoms with van der Waals surface area (Å²) in [5.41, 5.74) is 1.91. The van der Waals surface area contributed by atoms with E-state index in [1.54, 1.807) is 7.11 Å². The van der Waals surface area contributed by atoms with Crippen LogP contribution < -0.4 is 0 Å². The number of unbranched alkanes of at least 4 members (excludes halogenated alkanes) is 1. The Kier molecular flexibility index (Phi) is 5.05. The molecule has 1 aromatic rings. The maximum Gasteiger partial charge on any atom is 0.162 e. The van der Waals surface area contributed by atoms with Gasteiger partial charge in [0.2, 0.25) is 0 Å². The highest BCUT2D eigenvalue weighted by atomic mass is 16.5. The Balaban J connectivity index is 2.58. The zero-order chi connectivity index (χ0) is 11.1. The number of ether oxygens (including phenoxy) is 1. The third-order valence-electron chi connectivity index (χ3n) is 2.34. The zero-order valence-electron chi connectivity index (χ0n) is 9.45. The molecular formula is C13H18O2. The minimum atomic E-state index is 0.237. The molecule has 0 radical (unpaired) electrons. The maximum atomic E-state index is 11.6. The maximum absolute atomic E-state index is 11.6. The van der Waals surface area contributed by atoms with E-state index in [4.69, 9.17) is 4.74 Å². The molecule has 0 aliphatic rings. The lowest BCUT2D eigenvalue weighted by molar-refractivity contribution is 0.0979. The van der Waals surface area contributed by atoms with Crippen LogP contribution in [-0.4, -0.2) is 12.9 Å². The second-order valence-electron chi connectivity index (χ2n) is 3.66. The number of carbonyl (C=O) groups is 1. The van der Waals surface area contributed by atoms with E-state index in [0.717, 1.165) is 24.0 Å². The number of rotatable bonds is 6. The van der Waals surface area contributed by atoms with Crippen LogP contribution in [0.4, 0.5) is 0 Å². The summed E-state index contributed by atoms with van der Waals surface area (Å²) in [6.07, 6.45) is 2.69. The third kappa shape index (κ3) is 3.84. The lowest BCUT2D eigenvalue weighted by Crippen LogP contribution is -1.99.